The van der Waals surface area contributed by atoms with E-state index in [9.17, 15) is 0 Å². The van der Waals surface area contributed by atoms with E-state index >= 15 is 0 Å². The fraction of sp³-hybridized carbons (Fsp3) is 0.176. The Bertz CT molecular complexity index is 520. The lowest BCUT2D eigenvalue weighted by Crippen LogP contribution is -2.03. The molecule has 2 heteroatoms. The molecule has 0 heterocycles. The van der Waals surface area contributed by atoms with Crippen LogP contribution in [0.5, 0.6) is 0 Å². The highest BCUT2D eigenvalue weighted by Gasteiger charge is 1.98. The predicted molar refractivity (Wildman–Crippen MR) is 79.5 cm³/mol. The maximum absolute atomic E-state index is 5.69. The zero-order valence-corrected chi connectivity index (χ0v) is 11.0. The number of ether oxygens (including phenoxy) is 1. The van der Waals surface area contributed by atoms with Crippen LogP contribution in [0, 0.1) is 0 Å². The van der Waals surface area contributed by atoms with Gasteiger partial charge >= 0.3 is 0 Å². The van der Waals surface area contributed by atoms with E-state index in [4.69, 9.17) is 10.5 Å². The lowest BCUT2D eigenvalue weighted by molar-refractivity contribution is 0.148. The minimum atomic E-state index is 0.555. The van der Waals surface area contributed by atoms with E-state index in [1.165, 1.54) is 5.56 Å². The van der Waals surface area contributed by atoms with Gasteiger partial charge in [0.15, 0.2) is 0 Å². The highest BCUT2D eigenvalue weighted by atomic mass is 16.5. The van der Waals surface area contributed by atoms with Gasteiger partial charge in [-0.1, -0.05) is 66.7 Å². The summed E-state index contributed by atoms with van der Waals surface area (Å²) in [5.41, 5.74) is 9.19. The first-order chi connectivity index (χ1) is 9.40. The van der Waals surface area contributed by atoms with Gasteiger partial charge in [0, 0.05) is 6.54 Å². The summed E-state index contributed by atoms with van der Waals surface area (Å²) in [6, 6.07) is 18.3. The van der Waals surface area contributed by atoms with E-state index in [0.29, 0.717) is 19.8 Å². The van der Waals surface area contributed by atoms with E-state index in [0.717, 1.165) is 11.1 Å². The summed E-state index contributed by atoms with van der Waals surface area (Å²) in [4.78, 5) is 0. The van der Waals surface area contributed by atoms with Crippen molar-refractivity contribution >= 4 is 6.08 Å². The van der Waals surface area contributed by atoms with Crippen molar-refractivity contribution in [2.75, 3.05) is 6.61 Å². The lowest BCUT2D eigenvalue weighted by Gasteiger charge is -2.07. The van der Waals surface area contributed by atoms with Gasteiger partial charge in [-0.2, -0.15) is 0 Å². The number of hydrogen-bond donors (Lipinski definition) is 1. The largest absolute Gasteiger partial charge is 0.373 e. The standard InChI is InChI=1S/C17H19NO/c18-13-16-10-4-5-11-17(16)14-19-12-6-9-15-7-2-1-3-8-15/h1-11H,12-14,18H2. The lowest BCUT2D eigenvalue weighted by atomic mass is 10.1. The summed E-state index contributed by atoms with van der Waals surface area (Å²) in [5.74, 6) is 0. The average Bonchev–Trinajstić information content (AvgIpc) is 2.48. The predicted octanol–water partition coefficient (Wildman–Crippen LogP) is 3.38. The molecular weight excluding hydrogens is 234 g/mol. The van der Waals surface area contributed by atoms with Gasteiger partial charge in [0.05, 0.1) is 13.2 Å². The van der Waals surface area contributed by atoms with Crippen molar-refractivity contribution in [1.29, 1.82) is 0 Å². The fourth-order valence-corrected chi connectivity index (χ4v) is 1.88. The van der Waals surface area contributed by atoms with Crippen molar-refractivity contribution in [3.8, 4) is 0 Å². The van der Waals surface area contributed by atoms with E-state index in [2.05, 4.69) is 24.3 Å². The fourth-order valence-electron chi connectivity index (χ4n) is 1.88. The highest BCUT2D eigenvalue weighted by molar-refractivity contribution is 5.48. The molecule has 0 atom stereocenters. The summed E-state index contributed by atoms with van der Waals surface area (Å²) in [7, 11) is 0. The summed E-state index contributed by atoms with van der Waals surface area (Å²) in [6.45, 7) is 1.76. The quantitative estimate of drug-likeness (QED) is 0.801. The topological polar surface area (TPSA) is 35.2 Å². The van der Waals surface area contributed by atoms with E-state index in [1.54, 1.807) is 0 Å². The minimum absolute atomic E-state index is 0.555. The molecule has 98 valence electrons. The van der Waals surface area contributed by atoms with Crippen LogP contribution in [-0.4, -0.2) is 6.61 Å². The van der Waals surface area contributed by atoms with Crippen LogP contribution in [0.15, 0.2) is 60.7 Å². The first-order valence-electron chi connectivity index (χ1n) is 6.46. The van der Waals surface area contributed by atoms with Gasteiger partial charge in [0.1, 0.15) is 0 Å². The van der Waals surface area contributed by atoms with Crippen LogP contribution in [0.2, 0.25) is 0 Å². The van der Waals surface area contributed by atoms with Crippen molar-refractivity contribution in [2.24, 2.45) is 5.73 Å². The summed E-state index contributed by atoms with van der Waals surface area (Å²) in [6.07, 6.45) is 4.09. The molecule has 0 saturated carbocycles. The van der Waals surface area contributed by atoms with E-state index in [1.807, 2.05) is 42.5 Å². The van der Waals surface area contributed by atoms with Gasteiger partial charge in [-0.15, -0.1) is 0 Å². The summed E-state index contributed by atoms with van der Waals surface area (Å²) in [5, 5.41) is 0. The maximum Gasteiger partial charge on any atom is 0.0724 e. The molecule has 2 nitrogen and oxygen atoms in total. The third-order valence-electron chi connectivity index (χ3n) is 2.92. The normalized spacial score (nSPS) is 11.0. The second-order valence-corrected chi connectivity index (χ2v) is 4.30. The highest BCUT2D eigenvalue weighted by Crippen LogP contribution is 2.09. The van der Waals surface area contributed by atoms with Crippen LogP contribution in [0.1, 0.15) is 16.7 Å². The Labute approximate surface area is 114 Å². The van der Waals surface area contributed by atoms with Crippen LogP contribution in [0.25, 0.3) is 6.08 Å². The van der Waals surface area contributed by atoms with Crippen molar-refractivity contribution < 1.29 is 4.74 Å². The Morgan fingerprint density at radius 1 is 0.895 bits per heavy atom. The second-order valence-electron chi connectivity index (χ2n) is 4.30. The molecule has 2 N–H and O–H groups in total. The molecule has 0 amide bonds. The van der Waals surface area contributed by atoms with E-state index in [-0.39, 0.29) is 0 Å². The molecule has 0 spiro atoms. The molecule has 2 rings (SSSR count). The smallest absolute Gasteiger partial charge is 0.0724 e. The molecule has 19 heavy (non-hydrogen) atoms. The Hall–Kier alpha value is -1.90. The molecule has 0 saturated heterocycles. The zero-order valence-electron chi connectivity index (χ0n) is 11.0. The monoisotopic (exact) mass is 253 g/mol. The minimum Gasteiger partial charge on any atom is -0.373 e. The third kappa shape index (κ3) is 4.36. The van der Waals surface area contributed by atoms with Gasteiger partial charge in [-0.3, -0.25) is 0 Å². The van der Waals surface area contributed by atoms with Gasteiger partial charge in [0.25, 0.3) is 0 Å². The molecule has 0 aliphatic carbocycles. The molecule has 0 aromatic heterocycles. The van der Waals surface area contributed by atoms with Crippen LogP contribution in [-0.2, 0) is 17.9 Å². The SMILES string of the molecule is NCc1ccccc1COCC=Cc1ccccc1. The third-order valence-corrected chi connectivity index (χ3v) is 2.92. The van der Waals surface area contributed by atoms with Crippen LogP contribution < -0.4 is 5.73 Å². The number of rotatable bonds is 6. The Balaban J connectivity index is 1.79. The molecule has 0 aliphatic rings. The summed E-state index contributed by atoms with van der Waals surface area (Å²) >= 11 is 0. The number of benzene rings is 2. The molecule has 0 unspecified atom stereocenters. The van der Waals surface area contributed by atoms with Crippen molar-refractivity contribution in [2.45, 2.75) is 13.2 Å². The number of nitrogens with two attached hydrogens (primary N) is 1. The zero-order chi connectivity index (χ0) is 13.3. The van der Waals surface area contributed by atoms with Crippen molar-refractivity contribution in [1.82, 2.24) is 0 Å². The Kier molecular flexibility index (Phi) is 5.35. The maximum atomic E-state index is 5.69. The molecule has 2 aromatic rings. The molecular formula is C17H19NO. The van der Waals surface area contributed by atoms with Crippen molar-refractivity contribution in [3.63, 3.8) is 0 Å². The van der Waals surface area contributed by atoms with Crippen LogP contribution >= 0.6 is 0 Å². The number of hydrogen-bond acceptors (Lipinski definition) is 2. The molecule has 0 radical (unpaired) electrons. The van der Waals surface area contributed by atoms with Gasteiger partial charge in [-0.05, 0) is 16.7 Å². The van der Waals surface area contributed by atoms with Gasteiger partial charge in [0.2, 0.25) is 0 Å². The van der Waals surface area contributed by atoms with Crippen LogP contribution in [0.3, 0.4) is 0 Å². The second kappa shape index (κ2) is 7.52. The first kappa shape index (κ1) is 13.5. The van der Waals surface area contributed by atoms with Crippen LogP contribution in [0.4, 0.5) is 0 Å². The Morgan fingerprint density at radius 3 is 2.32 bits per heavy atom. The summed E-state index contributed by atoms with van der Waals surface area (Å²) < 4.78 is 5.64. The first-order valence-corrected chi connectivity index (χ1v) is 6.46. The van der Waals surface area contributed by atoms with Gasteiger partial charge in [-0.25, -0.2) is 0 Å². The van der Waals surface area contributed by atoms with Gasteiger partial charge < -0.3 is 10.5 Å². The molecule has 0 aliphatic heterocycles. The molecule has 0 bridgehead atoms. The average molecular weight is 253 g/mol. The Morgan fingerprint density at radius 2 is 1.58 bits per heavy atom. The molecule has 0 fully saturated rings. The van der Waals surface area contributed by atoms with E-state index < -0.39 is 0 Å². The molecule has 2 aromatic carbocycles. The van der Waals surface area contributed by atoms with Crippen molar-refractivity contribution in [3.05, 3.63) is 77.4 Å².